The number of hydrogen-bond donors (Lipinski definition) is 1. The standard InChI is InChI=1S/C18H22N4O4/c1-20(14-6-7-21-8-9-26-15(14)10-21)16(23)11-22-17(24)12-4-2-3-5-13(12)19-18(22)25/h2-5,14-15H,6-11H2,1H3,(H,19,25). The number of para-hydroxylation sites is 1. The number of morpholine rings is 1. The van der Waals surface area contributed by atoms with E-state index < -0.39 is 11.2 Å². The second-order valence-electron chi connectivity index (χ2n) is 6.94. The summed E-state index contributed by atoms with van der Waals surface area (Å²) in [5.41, 5.74) is -0.545. The molecule has 2 aromatic rings. The number of nitrogens with zero attached hydrogens (tertiary/aromatic N) is 3. The van der Waals surface area contributed by atoms with E-state index in [4.69, 9.17) is 4.74 Å². The summed E-state index contributed by atoms with van der Waals surface area (Å²) in [4.78, 5) is 44.3. The quantitative estimate of drug-likeness (QED) is 0.808. The van der Waals surface area contributed by atoms with Crippen molar-refractivity contribution < 1.29 is 9.53 Å². The molecule has 1 aromatic carbocycles. The first-order chi connectivity index (χ1) is 12.5. The zero-order valence-electron chi connectivity index (χ0n) is 14.7. The molecule has 1 N–H and O–H groups in total. The molecule has 138 valence electrons. The third kappa shape index (κ3) is 2.95. The van der Waals surface area contributed by atoms with Gasteiger partial charge in [0.05, 0.1) is 29.7 Å². The predicted molar refractivity (Wildman–Crippen MR) is 96.2 cm³/mol. The molecule has 0 aliphatic carbocycles. The predicted octanol–water partition coefficient (Wildman–Crippen LogP) is -0.379. The number of amides is 1. The summed E-state index contributed by atoms with van der Waals surface area (Å²) in [5, 5.41) is 0.395. The Morgan fingerprint density at radius 2 is 2.12 bits per heavy atom. The number of piperidine rings is 1. The molecule has 2 fully saturated rings. The topological polar surface area (TPSA) is 87.6 Å². The molecular weight excluding hydrogens is 336 g/mol. The maximum absolute atomic E-state index is 12.8. The highest BCUT2D eigenvalue weighted by Gasteiger charge is 2.36. The minimum atomic E-state index is -0.570. The SMILES string of the molecule is CN(C(=O)Cn1c(=O)[nH]c2ccccc2c1=O)C1CCN2CCOC1C2. The number of benzene rings is 1. The molecule has 2 bridgehead atoms. The summed E-state index contributed by atoms with van der Waals surface area (Å²) in [7, 11) is 1.72. The normalized spacial score (nSPS) is 25.2. The van der Waals surface area contributed by atoms with Gasteiger partial charge in [-0.05, 0) is 18.6 Å². The fourth-order valence-corrected chi connectivity index (χ4v) is 3.89. The summed E-state index contributed by atoms with van der Waals surface area (Å²) >= 11 is 0. The fourth-order valence-electron chi connectivity index (χ4n) is 3.89. The second kappa shape index (κ2) is 6.69. The van der Waals surface area contributed by atoms with Crippen molar-refractivity contribution in [3.63, 3.8) is 0 Å². The Labute approximate surface area is 150 Å². The van der Waals surface area contributed by atoms with Crippen molar-refractivity contribution in [2.75, 3.05) is 33.3 Å². The van der Waals surface area contributed by atoms with Gasteiger partial charge >= 0.3 is 5.69 Å². The summed E-state index contributed by atoms with van der Waals surface area (Å²) in [6.07, 6.45) is 0.814. The van der Waals surface area contributed by atoms with E-state index in [9.17, 15) is 14.4 Å². The van der Waals surface area contributed by atoms with Crippen molar-refractivity contribution in [1.82, 2.24) is 19.4 Å². The van der Waals surface area contributed by atoms with Crippen molar-refractivity contribution in [3.8, 4) is 0 Å². The number of likely N-dealkylation sites (N-methyl/N-ethyl adjacent to an activating group) is 1. The molecule has 4 rings (SSSR count). The Kier molecular flexibility index (Phi) is 4.37. The van der Waals surface area contributed by atoms with Crippen LogP contribution in [-0.2, 0) is 16.1 Å². The lowest BCUT2D eigenvalue weighted by Gasteiger charge is -2.45. The van der Waals surface area contributed by atoms with Gasteiger partial charge in [0.25, 0.3) is 5.56 Å². The lowest BCUT2D eigenvalue weighted by Crippen LogP contribution is -2.59. The van der Waals surface area contributed by atoms with Gasteiger partial charge in [0.15, 0.2) is 0 Å². The van der Waals surface area contributed by atoms with Gasteiger partial charge in [-0.1, -0.05) is 12.1 Å². The molecule has 3 unspecified atom stereocenters. The van der Waals surface area contributed by atoms with Crippen molar-refractivity contribution in [2.24, 2.45) is 0 Å². The first kappa shape index (κ1) is 17.0. The smallest absolute Gasteiger partial charge is 0.329 e. The van der Waals surface area contributed by atoms with Crippen molar-refractivity contribution >= 4 is 16.8 Å². The molecule has 2 saturated heterocycles. The third-order valence-electron chi connectivity index (χ3n) is 5.42. The Morgan fingerprint density at radius 1 is 1.31 bits per heavy atom. The van der Waals surface area contributed by atoms with Crippen molar-refractivity contribution in [3.05, 3.63) is 45.1 Å². The van der Waals surface area contributed by atoms with Crippen LogP contribution in [-0.4, -0.2) is 70.7 Å². The van der Waals surface area contributed by atoms with Crippen LogP contribution in [0.5, 0.6) is 0 Å². The summed E-state index contributed by atoms with van der Waals surface area (Å²) in [6.45, 7) is 3.08. The van der Waals surface area contributed by atoms with Crippen LogP contribution in [0.25, 0.3) is 10.9 Å². The Balaban J connectivity index is 1.57. The van der Waals surface area contributed by atoms with Crippen LogP contribution in [0.2, 0.25) is 0 Å². The molecule has 1 aromatic heterocycles. The number of carbonyl (C=O) groups is 1. The molecular formula is C18H22N4O4. The average molecular weight is 358 g/mol. The Bertz CT molecular complexity index is 950. The molecule has 26 heavy (non-hydrogen) atoms. The molecule has 3 atom stereocenters. The van der Waals surface area contributed by atoms with Gasteiger partial charge in [0.1, 0.15) is 6.54 Å². The molecule has 0 spiro atoms. The number of aromatic amines is 1. The first-order valence-corrected chi connectivity index (χ1v) is 8.86. The maximum atomic E-state index is 12.8. The van der Waals surface area contributed by atoms with E-state index >= 15 is 0 Å². The zero-order valence-corrected chi connectivity index (χ0v) is 14.7. The van der Waals surface area contributed by atoms with E-state index in [1.165, 1.54) is 0 Å². The van der Waals surface area contributed by atoms with Crippen LogP contribution >= 0.6 is 0 Å². The molecule has 8 heteroatoms. The minimum absolute atomic E-state index is 0.0157. The number of hydrogen-bond acceptors (Lipinski definition) is 5. The van der Waals surface area contributed by atoms with Gasteiger partial charge in [-0.15, -0.1) is 0 Å². The van der Waals surface area contributed by atoms with E-state index in [1.54, 1.807) is 36.2 Å². The average Bonchev–Trinajstić information content (AvgIpc) is 2.65. The number of fused-ring (bicyclic) bond motifs is 3. The molecule has 2 aliphatic heterocycles. The van der Waals surface area contributed by atoms with Crippen LogP contribution in [0.15, 0.2) is 33.9 Å². The number of aromatic nitrogens is 2. The van der Waals surface area contributed by atoms with E-state index in [1.807, 2.05) is 0 Å². The number of H-pyrrole nitrogens is 1. The van der Waals surface area contributed by atoms with Crippen LogP contribution in [0.3, 0.4) is 0 Å². The molecule has 8 nitrogen and oxygen atoms in total. The second-order valence-corrected chi connectivity index (χ2v) is 6.94. The number of ether oxygens (including phenoxy) is 1. The van der Waals surface area contributed by atoms with Crippen LogP contribution in [0, 0.1) is 0 Å². The lowest BCUT2D eigenvalue weighted by atomic mass is 9.99. The first-order valence-electron chi connectivity index (χ1n) is 8.86. The highest BCUT2D eigenvalue weighted by molar-refractivity contribution is 5.79. The van der Waals surface area contributed by atoms with Gasteiger partial charge in [-0.3, -0.25) is 19.1 Å². The maximum Gasteiger partial charge on any atom is 0.329 e. The van der Waals surface area contributed by atoms with Crippen LogP contribution in [0.1, 0.15) is 6.42 Å². The Hall–Kier alpha value is -2.45. The zero-order chi connectivity index (χ0) is 18.3. The summed E-state index contributed by atoms with van der Waals surface area (Å²) in [6, 6.07) is 6.76. The largest absolute Gasteiger partial charge is 0.373 e. The number of nitrogens with one attached hydrogen (secondary N) is 1. The van der Waals surface area contributed by atoms with Gasteiger partial charge in [-0.2, -0.15) is 0 Å². The molecule has 1 amide bonds. The van der Waals surface area contributed by atoms with Crippen molar-refractivity contribution in [2.45, 2.75) is 25.1 Å². The van der Waals surface area contributed by atoms with Gasteiger partial charge in [0.2, 0.25) is 5.91 Å². The van der Waals surface area contributed by atoms with Crippen LogP contribution in [0.4, 0.5) is 0 Å². The lowest BCUT2D eigenvalue weighted by molar-refractivity contribution is -0.143. The monoisotopic (exact) mass is 358 g/mol. The van der Waals surface area contributed by atoms with Gasteiger partial charge in [-0.25, -0.2) is 4.79 Å². The fraction of sp³-hybridized carbons (Fsp3) is 0.500. The summed E-state index contributed by atoms with van der Waals surface area (Å²) < 4.78 is 6.79. The van der Waals surface area contributed by atoms with Gasteiger partial charge in [0, 0.05) is 26.7 Å². The molecule has 3 heterocycles. The number of rotatable bonds is 3. The highest BCUT2D eigenvalue weighted by atomic mass is 16.5. The summed E-state index contributed by atoms with van der Waals surface area (Å²) in [5.74, 6) is -0.263. The molecule has 0 radical (unpaired) electrons. The van der Waals surface area contributed by atoms with Gasteiger partial charge < -0.3 is 14.6 Å². The third-order valence-corrected chi connectivity index (χ3v) is 5.42. The minimum Gasteiger partial charge on any atom is -0.373 e. The molecule has 2 aliphatic rings. The molecule has 0 saturated carbocycles. The highest BCUT2D eigenvalue weighted by Crippen LogP contribution is 2.22. The van der Waals surface area contributed by atoms with E-state index in [0.717, 1.165) is 30.6 Å². The Morgan fingerprint density at radius 3 is 2.96 bits per heavy atom. The van der Waals surface area contributed by atoms with E-state index in [0.29, 0.717) is 17.5 Å². The van der Waals surface area contributed by atoms with E-state index in [-0.39, 0.29) is 24.6 Å². The number of carbonyl (C=O) groups excluding carboxylic acids is 1. The van der Waals surface area contributed by atoms with E-state index in [2.05, 4.69) is 9.88 Å². The van der Waals surface area contributed by atoms with Crippen molar-refractivity contribution in [1.29, 1.82) is 0 Å². The van der Waals surface area contributed by atoms with Crippen LogP contribution < -0.4 is 11.2 Å².